The number of halogens is 4. The van der Waals surface area contributed by atoms with E-state index < -0.39 is 29.5 Å². The maximum atomic E-state index is 14.0. The van der Waals surface area contributed by atoms with Gasteiger partial charge in [-0.05, 0) is 55.7 Å². The number of alkyl halides is 2. The quantitative estimate of drug-likeness (QED) is 0.505. The third-order valence-electron chi connectivity index (χ3n) is 8.29. The summed E-state index contributed by atoms with van der Waals surface area (Å²) in [6, 6.07) is 2.53. The number of nitrogens with one attached hydrogen (secondary N) is 1. The Balaban J connectivity index is 1.18. The third kappa shape index (κ3) is 6.23. The first kappa shape index (κ1) is 27.5. The molecule has 7 nitrogen and oxygen atoms in total. The van der Waals surface area contributed by atoms with Gasteiger partial charge in [0.05, 0.1) is 23.0 Å². The van der Waals surface area contributed by atoms with Crippen LogP contribution in [0.3, 0.4) is 0 Å². The van der Waals surface area contributed by atoms with Gasteiger partial charge in [-0.25, -0.2) is 27.5 Å². The number of rotatable bonds is 8. The largest absolute Gasteiger partial charge is 0.349 e. The van der Waals surface area contributed by atoms with Gasteiger partial charge < -0.3 is 15.1 Å². The molecule has 0 spiro atoms. The first-order valence-electron chi connectivity index (χ1n) is 13.4. The van der Waals surface area contributed by atoms with E-state index in [0.717, 1.165) is 19.2 Å². The standard InChI is InChI=1S/C28H33F4N5O2/c1-16-26(17(2)34-15-33-16)27(39)37-13-20-11-36(12-21(20)14-37)4-3-24(19-6-22(29)8-23(30)7-19)35-25(38)5-18-9-28(31,32)10-18/h6-8,15,18,20-21,24H,3-5,9-14H2,1-2H3,(H,35,38)/t20?,21?,24-/m0/s1. The smallest absolute Gasteiger partial charge is 0.257 e. The summed E-state index contributed by atoms with van der Waals surface area (Å²) in [6.45, 7) is 7.00. The minimum atomic E-state index is -2.71. The molecule has 210 valence electrons. The van der Waals surface area contributed by atoms with E-state index in [2.05, 4.69) is 20.2 Å². The number of aromatic nitrogens is 2. The van der Waals surface area contributed by atoms with Gasteiger partial charge in [-0.2, -0.15) is 0 Å². The van der Waals surface area contributed by atoms with Gasteiger partial charge in [0, 0.05) is 58.1 Å². The molecule has 39 heavy (non-hydrogen) atoms. The van der Waals surface area contributed by atoms with Gasteiger partial charge in [0.15, 0.2) is 0 Å². The fraction of sp³-hybridized carbons (Fsp3) is 0.571. The lowest BCUT2D eigenvalue weighted by Crippen LogP contribution is -2.40. The van der Waals surface area contributed by atoms with Crippen molar-refractivity contribution in [1.82, 2.24) is 25.1 Å². The van der Waals surface area contributed by atoms with Gasteiger partial charge in [0.25, 0.3) is 5.91 Å². The molecule has 2 amide bonds. The summed E-state index contributed by atoms with van der Waals surface area (Å²) in [5.74, 6) is -4.41. The number of hydrogen-bond acceptors (Lipinski definition) is 5. The predicted octanol–water partition coefficient (Wildman–Crippen LogP) is 4.06. The van der Waals surface area contributed by atoms with Crippen molar-refractivity contribution in [2.24, 2.45) is 17.8 Å². The van der Waals surface area contributed by atoms with Crippen LogP contribution in [0.25, 0.3) is 0 Å². The molecule has 5 rings (SSSR count). The number of carbonyl (C=O) groups excluding carboxylic acids is 2. The number of carbonyl (C=O) groups is 2. The van der Waals surface area contributed by atoms with Crippen molar-refractivity contribution >= 4 is 11.8 Å². The van der Waals surface area contributed by atoms with E-state index in [1.165, 1.54) is 18.5 Å². The van der Waals surface area contributed by atoms with Crippen molar-refractivity contribution in [2.45, 2.75) is 51.5 Å². The highest BCUT2D eigenvalue weighted by Gasteiger charge is 2.46. The van der Waals surface area contributed by atoms with E-state index in [9.17, 15) is 27.2 Å². The Labute approximate surface area is 225 Å². The highest BCUT2D eigenvalue weighted by atomic mass is 19.3. The van der Waals surface area contributed by atoms with Crippen molar-refractivity contribution in [3.8, 4) is 0 Å². The van der Waals surface area contributed by atoms with Crippen LogP contribution in [0.5, 0.6) is 0 Å². The first-order valence-corrected chi connectivity index (χ1v) is 13.4. The van der Waals surface area contributed by atoms with Crippen LogP contribution in [0.2, 0.25) is 0 Å². The van der Waals surface area contributed by atoms with Gasteiger partial charge in [0.2, 0.25) is 11.8 Å². The monoisotopic (exact) mass is 547 g/mol. The van der Waals surface area contributed by atoms with Gasteiger partial charge in [-0.1, -0.05) is 0 Å². The second kappa shape index (κ2) is 10.8. The van der Waals surface area contributed by atoms with Crippen molar-refractivity contribution in [2.75, 3.05) is 32.7 Å². The van der Waals surface area contributed by atoms with Gasteiger partial charge in [-0.3, -0.25) is 9.59 Å². The van der Waals surface area contributed by atoms with Crippen LogP contribution in [-0.2, 0) is 4.79 Å². The van der Waals surface area contributed by atoms with Crippen molar-refractivity contribution < 1.29 is 27.2 Å². The molecule has 1 aromatic heterocycles. The molecule has 0 radical (unpaired) electrons. The van der Waals surface area contributed by atoms with Crippen LogP contribution in [0.15, 0.2) is 24.5 Å². The van der Waals surface area contributed by atoms with E-state index in [0.29, 0.717) is 60.4 Å². The molecule has 1 aliphatic carbocycles. The van der Waals surface area contributed by atoms with Gasteiger partial charge in [-0.15, -0.1) is 0 Å². The molecule has 1 aromatic carbocycles. The molecule has 2 unspecified atom stereocenters. The van der Waals surface area contributed by atoms with Crippen LogP contribution in [0, 0.1) is 43.2 Å². The van der Waals surface area contributed by atoms with Crippen LogP contribution < -0.4 is 5.32 Å². The summed E-state index contributed by atoms with van der Waals surface area (Å²) in [6.07, 6.45) is 1.21. The highest BCUT2D eigenvalue weighted by molar-refractivity contribution is 5.96. The first-order chi connectivity index (χ1) is 18.5. The Morgan fingerprint density at radius 3 is 2.15 bits per heavy atom. The summed E-state index contributed by atoms with van der Waals surface area (Å²) in [4.78, 5) is 38.2. The maximum absolute atomic E-state index is 14.0. The zero-order valence-electron chi connectivity index (χ0n) is 22.1. The minimum Gasteiger partial charge on any atom is -0.349 e. The maximum Gasteiger partial charge on any atom is 0.257 e. The molecule has 0 bridgehead atoms. The summed E-state index contributed by atoms with van der Waals surface area (Å²) < 4.78 is 54.3. The van der Waals surface area contributed by atoms with Crippen molar-refractivity contribution in [3.05, 3.63) is 58.7 Å². The molecule has 3 aliphatic rings. The van der Waals surface area contributed by atoms with Crippen molar-refractivity contribution in [3.63, 3.8) is 0 Å². The Hall–Kier alpha value is -3.08. The topological polar surface area (TPSA) is 78.4 Å². The lowest BCUT2D eigenvalue weighted by atomic mass is 9.79. The molecule has 1 N–H and O–H groups in total. The molecule has 1 saturated carbocycles. The molecule has 11 heteroatoms. The van der Waals surface area contributed by atoms with E-state index in [1.807, 2.05) is 18.7 Å². The molecule has 2 saturated heterocycles. The summed E-state index contributed by atoms with van der Waals surface area (Å²) >= 11 is 0. The average Bonchev–Trinajstić information content (AvgIpc) is 3.39. The highest BCUT2D eigenvalue weighted by Crippen LogP contribution is 2.44. The number of hydrogen-bond donors (Lipinski definition) is 1. The van der Waals surface area contributed by atoms with E-state index in [1.54, 1.807) is 0 Å². The second-order valence-corrected chi connectivity index (χ2v) is 11.4. The van der Waals surface area contributed by atoms with Crippen LogP contribution in [0.1, 0.15) is 59.0 Å². The Morgan fingerprint density at radius 2 is 1.59 bits per heavy atom. The number of benzene rings is 1. The number of fused-ring (bicyclic) bond motifs is 1. The number of aryl methyl sites for hydroxylation is 2. The summed E-state index contributed by atoms with van der Waals surface area (Å²) in [7, 11) is 0. The number of amides is 2. The number of likely N-dealkylation sites (tertiary alicyclic amines) is 2. The average molecular weight is 548 g/mol. The van der Waals surface area contributed by atoms with Crippen LogP contribution in [-0.4, -0.2) is 70.2 Å². The van der Waals surface area contributed by atoms with E-state index in [-0.39, 0.29) is 31.1 Å². The van der Waals surface area contributed by atoms with Crippen LogP contribution in [0.4, 0.5) is 17.6 Å². The summed E-state index contributed by atoms with van der Waals surface area (Å²) in [5.41, 5.74) is 2.20. The lowest BCUT2D eigenvalue weighted by Gasteiger charge is -2.34. The molecule has 3 fully saturated rings. The molecule has 2 aliphatic heterocycles. The van der Waals surface area contributed by atoms with E-state index in [4.69, 9.17) is 0 Å². The van der Waals surface area contributed by atoms with Crippen molar-refractivity contribution in [1.29, 1.82) is 0 Å². The predicted molar refractivity (Wildman–Crippen MR) is 135 cm³/mol. The SMILES string of the molecule is Cc1ncnc(C)c1C(=O)N1CC2CN(CC[C@H](NC(=O)CC3CC(F)(F)C3)c3cc(F)cc(F)c3)CC2C1. The van der Waals surface area contributed by atoms with Crippen LogP contribution >= 0.6 is 0 Å². The Morgan fingerprint density at radius 1 is 1.00 bits per heavy atom. The number of nitrogens with zero attached hydrogens (tertiary/aromatic N) is 4. The fourth-order valence-corrected chi connectivity index (χ4v) is 6.35. The van der Waals surface area contributed by atoms with E-state index >= 15 is 0 Å². The third-order valence-corrected chi connectivity index (χ3v) is 8.29. The zero-order chi connectivity index (χ0) is 27.9. The Bertz CT molecular complexity index is 1200. The molecule has 2 aromatic rings. The fourth-order valence-electron chi connectivity index (χ4n) is 6.35. The minimum absolute atomic E-state index is 0.0347. The Kier molecular flexibility index (Phi) is 7.63. The molecular weight excluding hydrogens is 514 g/mol. The van der Waals surface area contributed by atoms with Gasteiger partial charge >= 0.3 is 0 Å². The molecular formula is C28H33F4N5O2. The normalized spacial score (nSPS) is 23.4. The molecule has 3 heterocycles. The zero-order valence-corrected chi connectivity index (χ0v) is 22.1. The molecule has 3 atom stereocenters. The second-order valence-electron chi connectivity index (χ2n) is 11.4. The lowest BCUT2D eigenvalue weighted by molar-refractivity contribution is -0.134. The summed E-state index contributed by atoms with van der Waals surface area (Å²) in [5, 5.41) is 2.83. The van der Waals surface area contributed by atoms with Gasteiger partial charge in [0.1, 0.15) is 18.0 Å².